The Hall–Kier alpha value is -0.120. The maximum Gasteiger partial charge on any atom is 0.0639 e. The lowest BCUT2D eigenvalue weighted by Crippen LogP contribution is -2.31. The van der Waals surface area contributed by atoms with Crippen LogP contribution in [0.1, 0.15) is 19.8 Å². The normalized spacial score (nSPS) is 48.4. The number of hydrogen-bond acceptors (Lipinski definition) is 3. The Balaban J connectivity index is 1.65. The van der Waals surface area contributed by atoms with Crippen LogP contribution in [-0.2, 0) is 4.74 Å². The first-order valence-corrected chi connectivity index (χ1v) is 5.80. The van der Waals surface area contributed by atoms with E-state index in [0.717, 1.165) is 31.5 Å². The smallest absolute Gasteiger partial charge is 0.0639 e. The summed E-state index contributed by atoms with van der Waals surface area (Å²) in [6.45, 7) is 5.01. The lowest BCUT2D eigenvalue weighted by Gasteiger charge is -2.19. The molecule has 2 bridgehead atoms. The van der Waals surface area contributed by atoms with Crippen LogP contribution in [0.15, 0.2) is 0 Å². The zero-order valence-corrected chi connectivity index (χ0v) is 8.72. The summed E-state index contributed by atoms with van der Waals surface area (Å²) in [4.78, 5) is 2.41. The van der Waals surface area contributed by atoms with E-state index in [1.165, 1.54) is 12.8 Å². The summed E-state index contributed by atoms with van der Waals surface area (Å²) < 4.78 is 5.90. The minimum absolute atomic E-state index is 0.188. The average Bonchev–Trinajstić information content (AvgIpc) is 2.69. The van der Waals surface area contributed by atoms with Crippen molar-refractivity contribution in [3.8, 4) is 0 Å². The predicted molar refractivity (Wildman–Crippen MR) is 53.0 cm³/mol. The monoisotopic (exact) mass is 197 g/mol. The van der Waals surface area contributed by atoms with Gasteiger partial charge in [-0.1, -0.05) is 0 Å². The molecule has 14 heavy (non-hydrogen) atoms. The second kappa shape index (κ2) is 3.19. The zero-order valence-electron chi connectivity index (χ0n) is 8.72. The number of β-amino-alcohol motifs (C(OH)–C–C–N with tert-alkyl or cyclic N) is 1. The second-order valence-electron chi connectivity index (χ2n) is 5.19. The molecule has 80 valence electrons. The van der Waals surface area contributed by atoms with Gasteiger partial charge in [-0.3, -0.25) is 0 Å². The molecule has 3 saturated heterocycles. The van der Waals surface area contributed by atoms with Crippen molar-refractivity contribution in [1.29, 1.82) is 0 Å². The van der Waals surface area contributed by atoms with E-state index in [2.05, 4.69) is 4.90 Å². The van der Waals surface area contributed by atoms with Crippen LogP contribution in [-0.4, -0.2) is 48.0 Å². The van der Waals surface area contributed by atoms with Crippen LogP contribution in [0.25, 0.3) is 0 Å². The van der Waals surface area contributed by atoms with Gasteiger partial charge in [0.2, 0.25) is 0 Å². The summed E-state index contributed by atoms with van der Waals surface area (Å²) in [6.07, 6.45) is 3.45. The molecule has 0 aromatic carbocycles. The topological polar surface area (TPSA) is 32.7 Å². The Morgan fingerprint density at radius 3 is 2.36 bits per heavy atom. The van der Waals surface area contributed by atoms with Crippen molar-refractivity contribution in [3.63, 3.8) is 0 Å². The molecule has 0 radical (unpaired) electrons. The highest BCUT2D eigenvalue weighted by molar-refractivity contribution is 5.02. The molecule has 0 saturated carbocycles. The number of aliphatic hydroxyl groups is 1. The first kappa shape index (κ1) is 9.13. The van der Waals surface area contributed by atoms with E-state index in [1.54, 1.807) is 0 Å². The highest BCUT2D eigenvalue weighted by Crippen LogP contribution is 2.46. The van der Waals surface area contributed by atoms with Crippen LogP contribution in [0.2, 0.25) is 0 Å². The standard InChI is InChI=1S/C11H19NO2/c1-7(13)4-12-5-8-9(6-12)11-3-2-10(8)14-11/h7-11,13H,2-6H2,1H3. The minimum atomic E-state index is -0.188. The molecule has 0 aromatic heterocycles. The Labute approximate surface area is 85.0 Å². The second-order valence-corrected chi connectivity index (χ2v) is 5.19. The summed E-state index contributed by atoms with van der Waals surface area (Å²) in [5, 5.41) is 9.35. The van der Waals surface area contributed by atoms with Gasteiger partial charge in [-0.05, 0) is 19.8 Å². The molecule has 0 aliphatic carbocycles. The minimum Gasteiger partial charge on any atom is -0.392 e. The van der Waals surface area contributed by atoms with Gasteiger partial charge in [0.25, 0.3) is 0 Å². The van der Waals surface area contributed by atoms with Gasteiger partial charge in [-0.15, -0.1) is 0 Å². The molecule has 0 amide bonds. The SMILES string of the molecule is CC(O)CN1CC2C3CCC(O3)C2C1. The fraction of sp³-hybridized carbons (Fsp3) is 1.00. The van der Waals surface area contributed by atoms with E-state index in [4.69, 9.17) is 4.74 Å². The van der Waals surface area contributed by atoms with Crippen molar-refractivity contribution in [2.24, 2.45) is 11.8 Å². The molecule has 3 fully saturated rings. The first-order valence-electron chi connectivity index (χ1n) is 5.80. The third kappa shape index (κ3) is 1.30. The third-order valence-corrected chi connectivity index (χ3v) is 4.05. The van der Waals surface area contributed by atoms with Crippen molar-refractivity contribution in [2.75, 3.05) is 19.6 Å². The largest absolute Gasteiger partial charge is 0.392 e. The van der Waals surface area contributed by atoms with E-state index < -0.39 is 0 Å². The quantitative estimate of drug-likeness (QED) is 0.699. The van der Waals surface area contributed by atoms with Gasteiger partial charge < -0.3 is 14.7 Å². The molecule has 3 nitrogen and oxygen atoms in total. The van der Waals surface area contributed by atoms with Gasteiger partial charge >= 0.3 is 0 Å². The highest BCUT2D eigenvalue weighted by atomic mass is 16.5. The van der Waals surface area contributed by atoms with Crippen LogP contribution in [0.3, 0.4) is 0 Å². The lowest BCUT2D eigenvalue weighted by molar-refractivity contribution is 0.0620. The summed E-state index contributed by atoms with van der Waals surface area (Å²) in [5.74, 6) is 1.54. The average molecular weight is 197 g/mol. The molecular formula is C11H19NO2. The number of fused-ring (bicyclic) bond motifs is 5. The van der Waals surface area contributed by atoms with Gasteiger partial charge in [0.05, 0.1) is 18.3 Å². The number of nitrogens with zero attached hydrogens (tertiary/aromatic N) is 1. The van der Waals surface area contributed by atoms with Crippen LogP contribution in [0, 0.1) is 11.8 Å². The number of likely N-dealkylation sites (tertiary alicyclic amines) is 1. The number of ether oxygens (including phenoxy) is 1. The van der Waals surface area contributed by atoms with E-state index in [9.17, 15) is 5.11 Å². The summed E-state index contributed by atoms with van der Waals surface area (Å²) >= 11 is 0. The van der Waals surface area contributed by atoms with Crippen molar-refractivity contribution >= 4 is 0 Å². The van der Waals surface area contributed by atoms with Crippen molar-refractivity contribution in [2.45, 2.75) is 38.1 Å². The highest BCUT2D eigenvalue weighted by Gasteiger charge is 2.52. The summed E-state index contributed by atoms with van der Waals surface area (Å²) in [6, 6.07) is 0. The van der Waals surface area contributed by atoms with E-state index >= 15 is 0 Å². The van der Waals surface area contributed by atoms with E-state index in [0.29, 0.717) is 12.2 Å². The number of aliphatic hydroxyl groups excluding tert-OH is 1. The Kier molecular flexibility index (Phi) is 2.08. The lowest BCUT2D eigenvalue weighted by atomic mass is 9.82. The zero-order chi connectivity index (χ0) is 9.71. The maximum absolute atomic E-state index is 9.35. The van der Waals surface area contributed by atoms with Gasteiger partial charge in [0.1, 0.15) is 0 Å². The summed E-state index contributed by atoms with van der Waals surface area (Å²) in [5.41, 5.74) is 0. The van der Waals surface area contributed by atoms with Gasteiger partial charge in [0.15, 0.2) is 0 Å². The molecule has 5 unspecified atom stereocenters. The van der Waals surface area contributed by atoms with Gasteiger partial charge in [-0.2, -0.15) is 0 Å². The van der Waals surface area contributed by atoms with Crippen LogP contribution >= 0.6 is 0 Å². The molecule has 3 aliphatic rings. The molecule has 0 spiro atoms. The Morgan fingerprint density at radius 1 is 1.29 bits per heavy atom. The number of rotatable bonds is 2. The van der Waals surface area contributed by atoms with Gasteiger partial charge in [-0.25, -0.2) is 0 Å². The molecule has 3 heteroatoms. The number of hydrogen-bond donors (Lipinski definition) is 1. The third-order valence-electron chi connectivity index (χ3n) is 4.05. The molecule has 3 rings (SSSR count). The molecule has 1 N–H and O–H groups in total. The molecule has 3 heterocycles. The first-order chi connectivity index (χ1) is 6.74. The van der Waals surface area contributed by atoms with Crippen molar-refractivity contribution in [1.82, 2.24) is 4.90 Å². The molecular weight excluding hydrogens is 178 g/mol. The molecule has 0 aromatic rings. The summed E-state index contributed by atoms with van der Waals surface area (Å²) in [7, 11) is 0. The maximum atomic E-state index is 9.35. The van der Waals surface area contributed by atoms with E-state index in [1.807, 2.05) is 6.92 Å². The van der Waals surface area contributed by atoms with E-state index in [-0.39, 0.29) is 6.10 Å². The van der Waals surface area contributed by atoms with Crippen LogP contribution in [0.4, 0.5) is 0 Å². The predicted octanol–water partition coefficient (Wildman–Crippen LogP) is 0.476. The molecule has 5 atom stereocenters. The fourth-order valence-electron chi connectivity index (χ4n) is 3.57. The van der Waals surface area contributed by atoms with Crippen LogP contribution in [0.5, 0.6) is 0 Å². The van der Waals surface area contributed by atoms with Crippen LogP contribution < -0.4 is 0 Å². The van der Waals surface area contributed by atoms with Crippen molar-refractivity contribution < 1.29 is 9.84 Å². The van der Waals surface area contributed by atoms with Gasteiger partial charge in [0, 0.05) is 31.5 Å². The Bertz CT molecular complexity index is 213. The van der Waals surface area contributed by atoms with Crippen molar-refractivity contribution in [3.05, 3.63) is 0 Å². The Morgan fingerprint density at radius 2 is 1.86 bits per heavy atom. The molecule has 3 aliphatic heterocycles. The fourth-order valence-corrected chi connectivity index (χ4v) is 3.57.